The number of hydrogen-bond acceptors (Lipinski definition) is 3. The van der Waals surface area contributed by atoms with Gasteiger partial charge in [0.1, 0.15) is 5.25 Å². The highest BCUT2D eigenvalue weighted by atomic mass is 32.2. The van der Waals surface area contributed by atoms with Crippen molar-refractivity contribution >= 4 is 15.6 Å². The first-order valence-corrected chi connectivity index (χ1v) is 11.5. The Morgan fingerprint density at radius 3 is 1.85 bits per heavy atom. The van der Waals surface area contributed by atoms with Crippen LogP contribution in [-0.2, 0) is 14.6 Å². The summed E-state index contributed by atoms with van der Waals surface area (Å²) in [6.07, 6.45) is 1.81. The van der Waals surface area contributed by atoms with Gasteiger partial charge in [-0.3, -0.25) is 4.79 Å². The fourth-order valence-corrected chi connectivity index (χ4v) is 6.87. The van der Waals surface area contributed by atoms with Crippen LogP contribution in [0.2, 0.25) is 0 Å². The third-order valence-corrected chi connectivity index (χ3v) is 8.09. The Balaban J connectivity index is 2.79. The first-order valence-electron chi connectivity index (χ1n) is 9.96. The molecular weight excluding hydrogens is 344 g/mol. The topological polar surface area (TPSA) is 51.2 Å². The molecule has 146 valence electrons. The van der Waals surface area contributed by atoms with Gasteiger partial charge in [0.2, 0.25) is 0 Å². The molecule has 1 aromatic carbocycles. The van der Waals surface area contributed by atoms with Gasteiger partial charge in [-0.05, 0) is 46.8 Å². The monoisotopic (exact) mass is 378 g/mol. The first kappa shape index (κ1) is 21.1. The number of hydrogen-bond donors (Lipinski definition) is 0. The second-order valence-corrected chi connectivity index (χ2v) is 10.6. The van der Waals surface area contributed by atoms with Crippen molar-refractivity contribution in [2.45, 2.75) is 95.6 Å². The molecule has 2 rings (SSSR count). The smallest absolute Gasteiger partial charge is 0.189 e. The summed E-state index contributed by atoms with van der Waals surface area (Å²) in [5, 5.41) is -0.868. The number of rotatable bonds is 6. The zero-order chi connectivity index (χ0) is 19.8. The van der Waals surface area contributed by atoms with Crippen LogP contribution < -0.4 is 0 Å². The predicted molar refractivity (Wildman–Crippen MR) is 108 cm³/mol. The Labute approximate surface area is 159 Å². The van der Waals surface area contributed by atoms with E-state index in [4.69, 9.17) is 0 Å². The lowest BCUT2D eigenvalue weighted by Gasteiger charge is -2.26. The molecule has 1 fully saturated rings. The number of benzene rings is 1. The molecule has 0 radical (unpaired) electrons. The molecule has 0 unspecified atom stereocenters. The Kier molecular flexibility index (Phi) is 6.37. The highest BCUT2D eigenvalue weighted by molar-refractivity contribution is 7.93. The van der Waals surface area contributed by atoms with Gasteiger partial charge in [0.05, 0.1) is 4.90 Å². The van der Waals surface area contributed by atoms with Gasteiger partial charge < -0.3 is 0 Å². The van der Waals surface area contributed by atoms with Gasteiger partial charge in [0, 0.05) is 6.42 Å². The molecule has 4 heteroatoms. The fraction of sp³-hybridized carbons (Fsp3) is 0.682. The molecule has 3 nitrogen and oxygen atoms in total. The summed E-state index contributed by atoms with van der Waals surface area (Å²) in [5.74, 6) is 0.352. The van der Waals surface area contributed by atoms with Crippen LogP contribution in [0.4, 0.5) is 0 Å². The fourth-order valence-electron chi connectivity index (χ4n) is 4.07. The van der Waals surface area contributed by atoms with Crippen molar-refractivity contribution in [3.05, 3.63) is 28.8 Å². The standard InChI is InChI=1S/C22H34O3S/c1-8-16-9-10-20(23)21(16)26(24,25)22-18(14(4)5)11-17(13(2)3)12-19(22)15(6)7/h11-16,21H,8-10H2,1-7H3/t16-,21+/m0/s1. The van der Waals surface area contributed by atoms with E-state index in [2.05, 4.69) is 26.0 Å². The van der Waals surface area contributed by atoms with Crippen molar-refractivity contribution in [1.29, 1.82) is 0 Å². The highest BCUT2D eigenvalue weighted by Gasteiger charge is 2.45. The second kappa shape index (κ2) is 7.84. The van der Waals surface area contributed by atoms with E-state index < -0.39 is 15.1 Å². The summed E-state index contributed by atoms with van der Waals surface area (Å²) in [5.41, 5.74) is 2.91. The Morgan fingerprint density at radius 1 is 0.962 bits per heavy atom. The Hall–Kier alpha value is -1.16. The zero-order valence-corrected chi connectivity index (χ0v) is 18.1. The van der Waals surface area contributed by atoms with Crippen LogP contribution >= 0.6 is 0 Å². The summed E-state index contributed by atoms with van der Waals surface area (Å²) < 4.78 is 27.5. The van der Waals surface area contributed by atoms with Crippen LogP contribution in [0.3, 0.4) is 0 Å². The van der Waals surface area contributed by atoms with Gasteiger partial charge in [-0.15, -0.1) is 0 Å². The third kappa shape index (κ3) is 3.76. The van der Waals surface area contributed by atoms with Gasteiger partial charge in [-0.1, -0.05) is 67.0 Å². The van der Waals surface area contributed by atoms with Crippen LogP contribution in [0.5, 0.6) is 0 Å². The van der Waals surface area contributed by atoms with Crippen LogP contribution in [0, 0.1) is 5.92 Å². The quantitative estimate of drug-likeness (QED) is 0.648. The summed E-state index contributed by atoms with van der Waals surface area (Å²) in [7, 11) is -3.69. The van der Waals surface area contributed by atoms with Crippen LogP contribution in [-0.4, -0.2) is 19.5 Å². The maximum atomic E-state index is 13.7. The lowest BCUT2D eigenvalue weighted by atomic mass is 9.89. The van der Waals surface area contributed by atoms with Gasteiger partial charge in [-0.2, -0.15) is 0 Å². The van der Waals surface area contributed by atoms with Crippen LogP contribution in [0.25, 0.3) is 0 Å². The molecule has 1 aliphatic carbocycles. The van der Waals surface area contributed by atoms with E-state index in [0.717, 1.165) is 17.5 Å². The summed E-state index contributed by atoms with van der Waals surface area (Å²) in [4.78, 5) is 13.0. The SMILES string of the molecule is CC[C@H]1CCC(=O)[C@@H]1S(=O)(=O)c1c(C(C)C)cc(C(C)C)cc1C(C)C. The molecule has 0 aromatic heterocycles. The molecular formula is C22H34O3S. The Bertz CT molecular complexity index is 744. The van der Waals surface area contributed by atoms with Crippen molar-refractivity contribution < 1.29 is 13.2 Å². The molecule has 0 spiro atoms. The number of Topliss-reactive ketones (excluding diaryl/α,β-unsaturated/α-hetero) is 1. The van der Waals surface area contributed by atoms with Crippen molar-refractivity contribution in [2.75, 3.05) is 0 Å². The number of carbonyl (C=O) groups excluding carboxylic acids is 1. The normalized spacial score (nSPS) is 21.4. The summed E-state index contributed by atoms with van der Waals surface area (Å²) in [6.45, 7) is 14.4. The first-order chi connectivity index (χ1) is 12.0. The molecule has 0 N–H and O–H groups in total. The number of sulfone groups is 1. The molecule has 0 bridgehead atoms. The maximum Gasteiger partial charge on any atom is 0.189 e. The maximum absolute atomic E-state index is 13.7. The molecule has 0 aliphatic heterocycles. The molecule has 0 amide bonds. The minimum Gasteiger partial charge on any atom is -0.298 e. The molecule has 26 heavy (non-hydrogen) atoms. The molecule has 1 saturated carbocycles. The molecule has 2 atom stereocenters. The van der Waals surface area contributed by atoms with Gasteiger partial charge >= 0.3 is 0 Å². The van der Waals surface area contributed by atoms with Gasteiger partial charge in [-0.25, -0.2) is 8.42 Å². The minimum atomic E-state index is -3.69. The van der Waals surface area contributed by atoms with E-state index >= 15 is 0 Å². The molecule has 1 aliphatic rings. The molecule has 0 saturated heterocycles. The van der Waals surface area contributed by atoms with Crippen molar-refractivity contribution in [3.63, 3.8) is 0 Å². The highest BCUT2D eigenvalue weighted by Crippen LogP contribution is 2.41. The third-order valence-electron chi connectivity index (χ3n) is 5.73. The van der Waals surface area contributed by atoms with E-state index in [-0.39, 0.29) is 23.5 Å². The molecule has 0 heterocycles. The lowest BCUT2D eigenvalue weighted by Crippen LogP contribution is -2.33. The van der Waals surface area contributed by atoms with Gasteiger partial charge in [0.25, 0.3) is 0 Å². The molecule has 1 aromatic rings. The number of ketones is 1. The average Bonchev–Trinajstić information content (AvgIpc) is 2.94. The van der Waals surface area contributed by atoms with Crippen LogP contribution in [0.15, 0.2) is 17.0 Å². The summed E-state index contributed by atoms with van der Waals surface area (Å²) in [6, 6.07) is 4.10. The second-order valence-electron chi connectivity index (χ2n) is 8.63. The number of carbonyl (C=O) groups is 1. The van der Waals surface area contributed by atoms with Crippen LogP contribution in [0.1, 0.15) is 102 Å². The van der Waals surface area contributed by atoms with E-state index in [1.807, 2.05) is 34.6 Å². The van der Waals surface area contributed by atoms with E-state index in [1.165, 1.54) is 5.56 Å². The predicted octanol–water partition coefficient (Wildman–Crippen LogP) is 5.59. The van der Waals surface area contributed by atoms with Crippen molar-refractivity contribution in [2.24, 2.45) is 5.92 Å². The lowest BCUT2D eigenvalue weighted by molar-refractivity contribution is -0.117. The van der Waals surface area contributed by atoms with E-state index in [0.29, 0.717) is 23.7 Å². The van der Waals surface area contributed by atoms with Crippen molar-refractivity contribution in [1.82, 2.24) is 0 Å². The van der Waals surface area contributed by atoms with Gasteiger partial charge in [0.15, 0.2) is 15.6 Å². The summed E-state index contributed by atoms with van der Waals surface area (Å²) >= 11 is 0. The Morgan fingerprint density at radius 2 is 1.46 bits per heavy atom. The largest absolute Gasteiger partial charge is 0.298 e. The van der Waals surface area contributed by atoms with E-state index in [1.54, 1.807) is 0 Å². The van der Waals surface area contributed by atoms with E-state index in [9.17, 15) is 13.2 Å². The minimum absolute atomic E-state index is 0.0581. The average molecular weight is 379 g/mol. The zero-order valence-electron chi connectivity index (χ0n) is 17.3. The van der Waals surface area contributed by atoms with Crippen molar-refractivity contribution in [3.8, 4) is 0 Å².